The monoisotopic (exact) mass is 249 g/mol. The number of hydrogen-bond donors (Lipinski definition) is 2. The summed E-state index contributed by atoms with van der Waals surface area (Å²) >= 11 is 0. The number of phenolic OH excluding ortho intramolecular Hbond substituents is 1. The van der Waals surface area contributed by atoms with Crippen molar-refractivity contribution in [1.82, 2.24) is 0 Å². The Morgan fingerprint density at radius 1 is 1.11 bits per heavy atom. The minimum atomic E-state index is -0.948. The lowest BCUT2D eigenvalue weighted by Gasteiger charge is -2.08. The first-order valence-electron chi connectivity index (χ1n) is 5.53. The molecule has 0 radical (unpaired) electrons. The van der Waals surface area contributed by atoms with Crippen molar-refractivity contribution in [2.45, 2.75) is 13.5 Å². The van der Waals surface area contributed by atoms with E-state index in [0.29, 0.717) is 5.56 Å². The molecule has 2 aromatic carbocycles. The van der Waals surface area contributed by atoms with Crippen LogP contribution in [0.2, 0.25) is 0 Å². The summed E-state index contributed by atoms with van der Waals surface area (Å²) in [6, 6.07) is 9.90. The Balaban J connectivity index is 2.11. The molecule has 0 aromatic heterocycles. The standard InChI is InChI=1S/C14H13F2NO/c1-9-3-2-4-11(5-9)17-8-10-6-12(15)14(18)13(16)7-10/h2-7,17-18H,8H2,1H3. The molecular formula is C14H13F2NO. The Bertz CT molecular complexity index is 546. The van der Waals surface area contributed by atoms with Crippen molar-refractivity contribution in [3.05, 3.63) is 59.2 Å². The van der Waals surface area contributed by atoms with Crippen LogP contribution in [-0.4, -0.2) is 5.11 Å². The molecule has 0 aliphatic rings. The molecule has 2 rings (SSSR count). The highest BCUT2D eigenvalue weighted by atomic mass is 19.1. The van der Waals surface area contributed by atoms with Crippen molar-refractivity contribution < 1.29 is 13.9 Å². The minimum absolute atomic E-state index is 0.289. The van der Waals surface area contributed by atoms with Crippen molar-refractivity contribution >= 4 is 5.69 Å². The van der Waals surface area contributed by atoms with Crippen molar-refractivity contribution in [2.24, 2.45) is 0 Å². The van der Waals surface area contributed by atoms with E-state index in [1.165, 1.54) is 0 Å². The smallest absolute Gasteiger partial charge is 0.187 e. The van der Waals surface area contributed by atoms with E-state index in [1.807, 2.05) is 31.2 Å². The van der Waals surface area contributed by atoms with Crippen LogP contribution >= 0.6 is 0 Å². The van der Waals surface area contributed by atoms with Crippen LogP contribution in [-0.2, 0) is 6.54 Å². The van der Waals surface area contributed by atoms with Gasteiger partial charge in [0.15, 0.2) is 17.4 Å². The number of aromatic hydroxyl groups is 1. The topological polar surface area (TPSA) is 32.3 Å². The van der Waals surface area contributed by atoms with Gasteiger partial charge in [-0.3, -0.25) is 0 Å². The zero-order valence-electron chi connectivity index (χ0n) is 9.87. The molecule has 2 N–H and O–H groups in total. The number of aryl methyl sites for hydroxylation is 1. The average Bonchev–Trinajstić information content (AvgIpc) is 2.33. The molecule has 0 heterocycles. The Hall–Kier alpha value is -2.10. The fourth-order valence-corrected chi connectivity index (χ4v) is 1.68. The third-order valence-corrected chi connectivity index (χ3v) is 2.59. The molecule has 0 atom stereocenters. The maximum absolute atomic E-state index is 13.1. The molecule has 0 unspecified atom stereocenters. The van der Waals surface area contributed by atoms with Gasteiger partial charge in [0.25, 0.3) is 0 Å². The first kappa shape index (κ1) is 12.4. The van der Waals surface area contributed by atoms with Gasteiger partial charge in [-0.15, -0.1) is 0 Å². The van der Waals surface area contributed by atoms with Gasteiger partial charge in [-0.2, -0.15) is 0 Å². The van der Waals surface area contributed by atoms with E-state index >= 15 is 0 Å². The van der Waals surface area contributed by atoms with Crippen molar-refractivity contribution in [1.29, 1.82) is 0 Å². The molecule has 0 bridgehead atoms. The summed E-state index contributed by atoms with van der Waals surface area (Å²) in [5.41, 5.74) is 2.41. The Kier molecular flexibility index (Phi) is 3.46. The van der Waals surface area contributed by atoms with Gasteiger partial charge in [-0.1, -0.05) is 12.1 Å². The highest BCUT2D eigenvalue weighted by molar-refractivity contribution is 5.46. The zero-order valence-corrected chi connectivity index (χ0v) is 9.87. The summed E-state index contributed by atoms with van der Waals surface area (Å²) < 4.78 is 26.2. The maximum Gasteiger partial charge on any atom is 0.187 e. The summed E-state index contributed by atoms with van der Waals surface area (Å²) in [7, 11) is 0. The van der Waals surface area contributed by atoms with Gasteiger partial charge in [-0.05, 0) is 42.3 Å². The van der Waals surface area contributed by atoms with Crippen LogP contribution in [0.25, 0.3) is 0 Å². The molecule has 0 saturated heterocycles. The Morgan fingerprint density at radius 2 is 1.78 bits per heavy atom. The molecule has 0 fully saturated rings. The quantitative estimate of drug-likeness (QED) is 0.871. The molecule has 0 saturated carbocycles. The van der Waals surface area contributed by atoms with Gasteiger partial charge in [0, 0.05) is 12.2 Å². The number of hydrogen-bond acceptors (Lipinski definition) is 2. The second kappa shape index (κ2) is 5.04. The van der Waals surface area contributed by atoms with Crippen LogP contribution in [0.3, 0.4) is 0 Å². The summed E-state index contributed by atoms with van der Waals surface area (Å²) in [5.74, 6) is -2.83. The molecule has 2 nitrogen and oxygen atoms in total. The largest absolute Gasteiger partial charge is 0.503 e. The maximum atomic E-state index is 13.1. The van der Waals surface area contributed by atoms with E-state index in [2.05, 4.69) is 5.32 Å². The second-order valence-corrected chi connectivity index (χ2v) is 4.13. The fraction of sp³-hybridized carbons (Fsp3) is 0.143. The molecule has 18 heavy (non-hydrogen) atoms. The van der Waals surface area contributed by atoms with E-state index in [9.17, 15) is 8.78 Å². The summed E-state index contributed by atoms with van der Waals surface area (Å²) in [6.45, 7) is 2.25. The lowest BCUT2D eigenvalue weighted by Crippen LogP contribution is -2.01. The second-order valence-electron chi connectivity index (χ2n) is 4.13. The molecule has 0 spiro atoms. The van der Waals surface area contributed by atoms with Crippen LogP contribution < -0.4 is 5.32 Å². The number of halogens is 2. The fourth-order valence-electron chi connectivity index (χ4n) is 1.68. The number of rotatable bonds is 3. The van der Waals surface area contributed by atoms with Crippen LogP contribution in [0.1, 0.15) is 11.1 Å². The summed E-state index contributed by atoms with van der Waals surface area (Å²) in [4.78, 5) is 0. The molecule has 0 amide bonds. The van der Waals surface area contributed by atoms with Crippen LogP contribution in [0.5, 0.6) is 5.75 Å². The number of phenols is 1. The average molecular weight is 249 g/mol. The first-order chi connectivity index (χ1) is 8.56. The number of anilines is 1. The molecule has 0 aliphatic carbocycles. The Morgan fingerprint density at radius 3 is 2.39 bits per heavy atom. The van der Waals surface area contributed by atoms with Crippen molar-refractivity contribution in [3.8, 4) is 5.75 Å². The van der Waals surface area contributed by atoms with Crippen molar-refractivity contribution in [2.75, 3.05) is 5.32 Å². The Labute approximate surface area is 104 Å². The van der Waals surface area contributed by atoms with Crippen LogP contribution in [0.4, 0.5) is 14.5 Å². The molecule has 4 heteroatoms. The normalized spacial score (nSPS) is 10.4. The van der Waals surface area contributed by atoms with E-state index in [0.717, 1.165) is 23.4 Å². The number of nitrogens with one attached hydrogen (secondary N) is 1. The van der Waals surface area contributed by atoms with Gasteiger partial charge < -0.3 is 10.4 Å². The van der Waals surface area contributed by atoms with E-state index in [1.54, 1.807) is 0 Å². The predicted octanol–water partition coefficient (Wildman–Crippen LogP) is 3.59. The SMILES string of the molecule is Cc1cccc(NCc2cc(F)c(O)c(F)c2)c1. The molecule has 94 valence electrons. The number of benzene rings is 2. The van der Waals surface area contributed by atoms with Gasteiger partial charge in [0.05, 0.1) is 0 Å². The lowest BCUT2D eigenvalue weighted by molar-refractivity contribution is 0.395. The highest BCUT2D eigenvalue weighted by Gasteiger charge is 2.09. The molecule has 0 aliphatic heterocycles. The minimum Gasteiger partial charge on any atom is -0.503 e. The van der Waals surface area contributed by atoms with E-state index in [4.69, 9.17) is 5.11 Å². The molecular weight excluding hydrogens is 236 g/mol. The van der Waals surface area contributed by atoms with E-state index in [-0.39, 0.29) is 6.54 Å². The van der Waals surface area contributed by atoms with Crippen LogP contribution in [0.15, 0.2) is 36.4 Å². The van der Waals surface area contributed by atoms with E-state index < -0.39 is 17.4 Å². The summed E-state index contributed by atoms with van der Waals surface area (Å²) in [5, 5.41) is 12.0. The van der Waals surface area contributed by atoms with Crippen LogP contribution in [0, 0.1) is 18.6 Å². The first-order valence-corrected chi connectivity index (χ1v) is 5.53. The molecule has 2 aromatic rings. The third-order valence-electron chi connectivity index (χ3n) is 2.59. The third kappa shape index (κ3) is 2.77. The van der Waals surface area contributed by atoms with Gasteiger partial charge >= 0.3 is 0 Å². The lowest BCUT2D eigenvalue weighted by atomic mass is 10.2. The van der Waals surface area contributed by atoms with Gasteiger partial charge in [-0.25, -0.2) is 8.78 Å². The predicted molar refractivity (Wildman–Crippen MR) is 66.5 cm³/mol. The summed E-state index contributed by atoms with van der Waals surface area (Å²) in [6.07, 6.45) is 0. The van der Waals surface area contributed by atoms with Gasteiger partial charge in [0.1, 0.15) is 0 Å². The van der Waals surface area contributed by atoms with Gasteiger partial charge in [0.2, 0.25) is 0 Å². The highest BCUT2D eigenvalue weighted by Crippen LogP contribution is 2.22. The zero-order chi connectivity index (χ0) is 13.1. The van der Waals surface area contributed by atoms with Crippen molar-refractivity contribution in [3.63, 3.8) is 0 Å².